The van der Waals surface area contributed by atoms with Crippen molar-refractivity contribution in [3.63, 3.8) is 0 Å². The number of aliphatic carboxylic acids is 1. The topological polar surface area (TPSA) is 95.9 Å². The monoisotopic (exact) mass is 300 g/mol. The third-order valence-electron chi connectivity index (χ3n) is 3.47. The number of rotatable bonds is 5. The van der Waals surface area contributed by atoms with E-state index in [1.807, 2.05) is 6.92 Å². The van der Waals surface area contributed by atoms with Crippen molar-refractivity contribution in [2.24, 2.45) is 5.41 Å². The highest BCUT2D eigenvalue weighted by atomic mass is 16.5. The standard InChI is InChI=1S/C14H24N2O5/c1-4-10-9-21-6-5-16(10)13(20)15-11(17)7-14(2,3)8-12(18)19/h10H,4-9H2,1-3H3,(H,18,19)(H,15,17,20). The molecule has 1 saturated heterocycles. The smallest absolute Gasteiger partial charge is 0.324 e. The van der Waals surface area contributed by atoms with Crippen molar-refractivity contribution >= 4 is 17.9 Å². The van der Waals surface area contributed by atoms with Crippen molar-refractivity contribution < 1.29 is 24.2 Å². The fourth-order valence-electron chi connectivity index (χ4n) is 2.40. The van der Waals surface area contributed by atoms with Crippen LogP contribution in [0.3, 0.4) is 0 Å². The first-order valence-electron chi connectivity index (χ1n) is 7.15. The molecule has 1 heterocycles. The number of nitrogens with one attached hydrogen (secondary N) is 1. The van der Waals surface area contributed by atoms with E-state index in [4.69, 9.17) is 9.84 Å². The lowest BCUT2D eigenvalue weighted by molar-refractivity contribution is -0.139. The summed E-state index contributed by atoms with van der Waals surface area (Å²) in [5.41, 5.74) is -0.689. The normalized spacial score (nSPS) is 19.2. The Hall–Kier alpha value is -1.63. The molecule has 1 rings (SSSR count). The van der Waals surface area contributed by atoms with Crippen LogP contribution < -0.4 is 5.32 Å². The number of carboxylic acid groups (broad SMARTS) is 1. The minimum atomic E-state index is -0.960. The summed E-state index contributed by atoms with van der Waals surface area (Å²) in [5, 5.41) is 11.1. The van der Waals surface area contributed by atoms with Gasteiger partial charge in [-0.1, -0.05) is 20.8 Å². The molecule has 1 fully saturated rings. The highest BCUT2D eigenvalue weighted by Crippen LogP contribution is 2.24. The van der Waals surface area contributed by atoms with Gasteiger partial charge in [0.05, 0.1) is 25.7 Å². The molecule has 1 aliphatic heterocycles. The third kappa shape index (κ3) is 5.71. The van der Waals surface area contributed by atoms with E-state index in [-0.39, 0.29) is 18.9 Å². The molecule has 0 aliphatic carbocycles. The number of carbonyl (C=O) groups is 3. The van der Waals surface area contributed by atoms with Crippen molar-refractivity contribution in [1.29, 1.82) is 0 Å². The Bertz CT molecular complexity index is 408. The van der Waals surface area contributed by atoms with Gasteiger partial charge in [-0.25, -0.2) is 4.79 Å². The van der Waals surface area contributed by atoms with Gasteiger partial charge in [-0.2, -0.15) is 0 Å². The number of imide groups is 1. The summed E-state index contributed by atoms with van der Waals surface area (Å²) in [4.78, 5) is 36.3. The summed E-state index contributed by atoms with van der Waals surface area (Å²) in [6.45, 7) is 6.72. The van der Waals surface area contributed by atoms with E-state index in [2.05, 4.69) is 5.32 Å². The molecule has 0 saturated carbocycles. The number of amides is 3. The van der Waals surface area contributed by atoms with Gasteiger partial charge in [0.15, 0.2) is 0 Å². The molecule has 1 aliphatic rings. The van der Waals surface area contributed by atoms with E-state index in [9.17, 15) is 14.4 Å². The zero-order valence-electron chi connectivity index (χ0n) is 12.8. The van der Waals surface area contributed by atoms with Crippen LogP contribution in [0.2, 0.25) is 0 Å². The predicted octanol–water partition coefficient (Wildman–Crippen LogP) is 1.22. The van der Waals surface area contributed by atoms with E-state index in [1.165, 1.54) is 0 Å². The molecule has 3 amide bonds. The number of hydrogen-bond acceptors (Lipinski definition) is 4. The molecule has 7 heteroatoms. The lowest BCUT2D eigenvalue weighted by Crippen LogP contribution is -2.53. The molecule has 120 valence electrons. The van der Waals surface area contributed by atoms with Gasteiger partial charge in [0, 0.05) is 13.0 Å². The summed E-state index contributed by atoms with van der Waals surface area (Å²) in [7, 11) is 0. The van der Waals surface area contributed by atoms with Gasteiger partial charge >= 0.3 is 12.0 Å². The summed E-state index contributed by atoms with van der Waals surface area (Å²) < 4.78 is 5.31. The average Bonchev–Trinajstić information content (AvgIpc) is 2.35. The maximum absolute atomic E-state index is 12.1. The molecule has 0 aromatic rings. The zero-order chi connectivity index (χ0) is 16.0. The van der Waals surface area contributed by atoms with Gasteiger partial charge in [0.25, 0.3) is 0 Å². The molecule has 1 unspecified atom stereocenters. The van der Waals surface area contributed by atoms with Gasteiger partial charge in [0.1, 0.15) is 0 Å². The second-order valence-electron chi connectivity index (χ2n) is 6.10. The second kappa shape index (κ2) is 7.40. The molecule has 0 aromatic heterocycles. The van der Waals surface area contributed by atoms with E-state index >= 15 is 0 Å². The summed E-state index contributed by atoms with van der Waals surface area (Å²) in [6.07, 6.45) is 0.627. The fraction of sp³-hybridized carbons (Fsp3) is 0.786. The van der Waals surface area contributed by atoms with E-state index in [1.54, 1.807) is 18.7 Å². The first-order chi connectivity index (χ1) is 9.75. The maximum Gasteiger partial charge on any atom is 0.324 e. The molecule has 2 N–H and O–H groups in total. The zero-order valence-corrected chi connectivity index (χ0v) is 12.8. The molecule has 1 atom stereocenters. The van der Waals surface area contributed by atoms with Crippen molar-refractivity contribution in [1.82, 2.24) is 10.2 Å². The van der Waals surface area contributed by atoms with Crippen LogP contribution >= 0.6 is 0 Å². The lowest BCUT2D eigenvalue weighted by Gasteiger charge is -2.35. The highest BCUT2D eigenvalue weighted by Gasteiger charge is 2.29. The first-order valence-corrected chi connectivity index (χ1v) is 7.15. The summed E-state index contributed by atoms with van der Waals surface area (Å²) in [5.74, 6) is -1.41. The number of morpholine rings is 1. The van der Waals surface area contributed by atoms with Crippen LogP contribution in [0, 0.1) is 5.41 Å². The van der Waals surface area contributed by atoms with Gasteiger partial charge < -0.3 is 14.7 Å². The molecule has 0 spiro atoms. The third-order valence-corrected chi connectivity index (χ3v) is 3.47. The molecule has 0 aromatic carbocycles. The average molecular weight is 300 g/mol. The quantitative estimate of drug-likeness (QED) is 0.796. The van der Waals surface area contributed by atoms with Crippen LogP contribution in [-0.4, -0.2) is 53.7 Å². The SMILES string of the molecule is CCC1COCCN1C(=O)NC(=O)CC(C)(C)CC(=O)O. The second-order valence-corrected chi connectivity index (χ2v) is 6.10. The summed E-state index contributed by atoms with van der Waals surface area (Å²) in [6, 6.07) is -0.458. The molecule has 7 nitrogen and oxygen atoms in total. The molecule has 21 heavy (non-hydrogen) atoms. The Morgan fingerprint density at radius 3 is 2.57 bits per heavy atom. The van der Waals surface area contributed by atoms with Gasteiger partial charge in [0.2, 0.25) is 5.91 Å². The lowest BCUT2D eigenvalue weighted by atomic mass is 9.85. The Morgan fingerprint density at radius 1 is 1.33 bits per heavy atom. The van der Waals surface area contributed by atoms with E-state index in [0.29, 0.717) is 19.8 Å². The molecule has 0 radical (unpaired) electrons. The highest BCUT2D eigenvalue weighted by molar-refractivity contribution is 5.94. The Balaban J connectivity index is 2.53. The number of carbonyl (C=O) groups excluding carboxylic acids is 2. The van der Waals surface area contributed by atoms with Crippen molar-refractivity contribution in [2.45, 2.75) is 46.1 Å². The first kappa shape index (κ1) is 17.4. The number of urea groups is 1. The van der Waals surface area contributed by atoms with Gasteiger partial charge in [-0.05, 0) is 11.8 Å². The van der Waals surface area contributed by atoms with Gasteiger partial charge in [-0.3, -0.25) is 14.9 Å². The van der Waals surface area contributed by atoms with Crippen molar-refractivity contribution in [2.75, 3.05) is 19.8 Å². The minimum absolute atomic E-state index is 0.00777. The van der Waals surface area contributed by atoms with Crippen LogP contribution in [0.4, 0.5) is 4.79 Å². The number of carboxylic acids is 1. The molecular formula is C14H24N2O5. The number of ether oxygens (including phenoxy) is 1. The van der Waals surface area contributed by atoms with Crippen LogP contribution in [0.15, 0.2) is 0 Å². The number of hydrogen-bond donors (Lipinski definition) is 2. The van der Waals surface area contributed by atoms with E-state index < -0.39 is 23.3 Å². The van der Waals surface area contributed by atoms with E-state index in [0.717, 1.165) is 6.42 Å². The van der Waals surface area contributed by atoms with Crippen LogP contribution in [0.5, 0.6) is 0 Å². The summed E-state index contributed by atoms with van der Waals surface area (Å²) >= 11 is 0. The van der Waals surface area contributed by atoms with Crippen LogP contribution in [0.1, 0.15) is 40.0 Å². The Labute approximate surface area is 124 Å². The van der Waals surface area contributed by atoms with Gasteiger partial charge in [-0.15, -0.1) is 0 Å². The Morgan fingerprint density at radius 2 is 2.00 bits per heavy atom. The molecule has 0 bridgehead atoms. The van der Waals surface area contributed by atoms with Crippen molar-refractivity contribution in [3.8, 4) is 0 Å². The Kier molecular flexibility index (Phi) is 6.14. The fourth-order valence-corrected chi connectivity index (χ4v) is 2.40. The molecular weight excluding hydrogens is 276 g/mol. The predicted molar refractivity (Wildman–Crippen MR) is 75.8 cm³/mol. The van der Waals surface area contributed by atoms with Crippen molar-refractivity contribution in [3.05, 3.63) is 0 Å². The van der Waals surface area contributed by atoms with Crippen LogP contribution in [0.25, 0.3) is 0 Å². The maximum atomic E-state index is 12.1. The largest absolute Gasteiger partial charge is 0.481 e. The number of nitrogens with zero attached hydrogens (tertiary/aromatic N) is 1. The minimum Gasteiger partial charge on any atom is -0.481 e. The van der Waals surface area contributed by atoms with Crippen LogP contribution in [-0.2, 0) is 14.3 Å².